The van der Waals surface area contributed by atoms with Gasteiger partial charge in [0.2, 0.25) is 0 Å². The minimum absolute atomic E-state index is 0.136. The van der Waals surface area contributed by atoms with Crippen LogP contribution in [0.1, 0.15) is 0 Å². The molecule has 0 aromatic heterocycles. The lowest BCUT2D eigenvalue weighted by atomic mass is 10.1. The average Bonchev–Trinajstić information content (AvgIpc) is 2.41. The number of phenolic OH excluding ortho intramolecular Hbond substituents is 1. The van der Waals surface area contributed by atoms with E-state index in [1.54, 1.807) is 12.1 Å². The molecule has 0 unspecified atom stereocenters. The van der Waals surface area contributed by atoms with E-state index in [2.05, 4.69) is 13.7 Å². The second kappa shape index (κ2) is 4.61. The minimum Gasteiger partial charge on any atom is -0.507 e. The number of nitroso groups, excluding NO2 is 3. The Hall–Kier alpha value is -2.55. The summed E-state index contributed by atoms with van der Waals surface area (Å²) in [5.74, 6) is -0.222. The molecule has 0 aliphatic rings. The van der Waals surface area contributed by atoms with Gasteiger partial charge in [-0.1, -0.05) is 0 Å². The highest BCUT2D eigenvalue weighted by molar-refractivity contribution is 8.30. The highest BCUT2D eigenvalue weighted by atomic mass is 32.3. The van der Waals surface area contributed by atoms with Crippen molar-refractivity contribution < 1.29 is 5.11 Å². The van der Waals surface area contributed by atoms with Crippen LogP contribution < -0.4 is 5.73 Å². The van der Waals surface area contributed by atoms with Gasteiger partial charge in [0, 0.05) is 24.8 Å². The fourth-order valence-electron chi connectivity index (χ4n) is 1.67. The molecule has 0 saturated heterocycles. The van der Waals surface area contributed by atoms with Crippen molar-refractivity contribution in [2.45, 2.75) is 4.90 Å². The van der Waals surface area contributed by atoms with Gasteiger partial charge in [-0.05, 0) is 35.7 Å². The van der Waals surface area contributed by atoms with Crippen molar-refractivity contribution in [2.24, 2.45) is 13.7 Å². The monoisotopic (exact) mass is 280 g/mol. The first-order valence-electron chi connectivity index (χ1n) is 4.95. The molecule has 19 heavy (non-hydrogen) atoms. The maximum absolute atomic E-state index is 10.7. The number of aromatic hydroxyl groups is 1. The molecular formula is C10H8N4O4S. The molecule has 2 aromatic carbocycles. The summed E-state index contributed by atoms with van der Waals surface area (Å²) in [5, 5.41) is 10.7. The summed E-state index contributed by atoms with van der Waals surface area (Å²) in [5.41, 5.74) is 6.02. The molecule has 0 saturated carbocycles. The third kappa shape index (κ3) is 1.99. The summed E-state index contributed by atoms with van der Waals surface area (Å²) in [6.45, 7) is 0. The van der Waals surface area contributed by atoms with Crippen LogP contribution in [0.25, 0.3) is 10.8 Å². The summed E-state index contributed by atoms with van der Waals surface area (Å²) >= 11 is 0. The molecule has 0 aliphatic carbocycles. The van der Waals surface area contributed by atoms with E-state index >= 15 is 0 Å². The summed E-state index contributed by atoms with van der Waals surface area (Å²) in [4.78, 5) is 32.0. The maximum atomic E-state index is 10.7. The number of nitrogens with zero attached hydrogens (tertiary/aromatic N) is 3. The van der Waals surface area contributed by atoms with Gasteiger partial charge in [0.25, 0.3) is 0 Å². The quantitative estimate of drug-likeness (QED) is 0.654. The zero-order valence-corrected chi connectivity index (χ0v) is 10.2. The van der Waals surface area contributed by atoms with Gasteiger partial charge in [-0.3, -0.25) is 0 Å². The third-order valence-electron chi connectivity index (χ3n) is 2.56. The van der Waals surface area contributed by atoms with E-state index in [-0.39, 0.29) is 10.6 Å². The van der Waals surface area contributed by atoms with Crippen molar-refractivity contribution in [1.29, 1.82) is 0 Å². The molecule has 0 atom stereocenters. The summed E-state index contributed by atoms with van der Waals surface area (Å²) in [6, 6.07) is 7.08. The van der Waals surface area contributed by atoms with E-state index in [0.29, 0.717) is 16.5 Å². The Balaban J connectivity index is 2.79. The van der Waals surface area contributed by atoms with Gasteiger partial charge in [0.15, 0.2) is 10.6 Å². The fourth-order valence-corrected chi connectivity index (χ4v) is 2.56. The van der Waals surface area contributed by atoms with Crippen LogP contribution in [0.3, 0.4) is 0 Å². The van der Waals surface area contributed by atoms with Crippen molar-refractivity contribution in [3.8, 4) is 5.75 Å². The number of anilines is 1. The first kappa shape index (κ1) is 12.9. The van der Waals surface area contributed by atoms with Crippen molar-refractivity contribution in [3.05, 3.63) is 45.1 Å². The summed E-state index contributed by atoms with van der Waals surface area (Å²) < 4.78 is 7.29. The minimum atomic E-state index is -3.61. The number of benzene rings is 2. The van der Waals surface area contributed by atoms with E-state index in [1.807, 2.05) is 0 Å². The number of nitrogens with two attached hydrogens (primary N) is 1. The van der Waals surface area contributed by atoms with E-state index in [9.17, 15) is 19.8 Å². The molecular weight excluding hydrogens is 272 g/mol. The highest BCUT2D eigenvalue weighted by Gasteiger charge is 2.32. The Kier molecular flexibility index (Phi) is 3.13. The molecule has 0 aliphatic heterocycles. The number of hydrogen-bond acceptors (Lipinski definition) is 8. The molecule has 8 nitrogen and oxygen atoms in total. The molecule has 0 amide bonds. The lowest BCUT2D eigenvalue weighted by Gasteiger charge is -2.15. The van der Waals surface area contributed by atoms with Gasteiger partial charge in [-0.2, -0.15) is 0 Å². The predicted octanol–water partition coefficient (Wildman–Crippen LogP) is 3.34. The van der Waals surface area contributed by atoms with Gasteiger partial charge in [0.05, 0.1) is 4.90 Å². The number of nitrogen functional groups attached to an aromatic ring is 1. The average molecular weight is 280 g/mol. The Morgan fingerprint density at radius 3 is 2.21 bits per heavy atom. The second-order valence-corrected chi connectivity index (χ2v) is 5.62. The molecule has 0 bridgehead atoms. The summed E-state index contributed by atoms with van der Waals surface area (Å²) in [6.07, 6.45) is 0. The van der Waals surface area contributed by atoms with E-state index in [1.165, 1.54) is 12.1 Å². The molecule has 0 heterocycles. The van der Waals surface area contributed by atoms with Crippen molar-refractivity contribution in [3.63, 3.8) is 0 Å². The van der Waals surface area contributed by atoms with E-state index < -0.39 is 10.6 Å². The zero-order chi connectivity index (χ0) is 14.0. The van der Waals surface area contributed by atoms with Gasteiger partial charge in [0.1, 0.15) is 5.75 Å². The largest absolute Gasteiger partial charge is 0.507 e. The van der Waals surface area contributed by atoms with Crippen LogP contribution in [0.15, 0.2) is 49.0 Å². The molecule has 9 heteroatoms. The molecule has 3 N–H and O–H groups in total. The Labute approximate surface area is 108 Å². The SMILES string of the molecule is Nc1ccc2c(O)cc(S(N=O)(N=O)N=O)cc2c1. The second-order valence-electron chi connectivity index (χ2n) is 3.67. The Morgan fingerprint density at radius 1 is 1.00 bits per heavy atom. The van der Waals surface area contributed by atoms with Gasteiger partial charge < -0.3 is 10.8 Å². The van der Waals surface area contributed by atoms with E-state index in [0.717, 1.165) is 6.07 Å². The van der Waals surface area contributed by atoms with Gasteiger partial charge in [-0.15, -0.1) is 14.7 Å². The number of rotatable bonds is 4. The number of fused-ring (bicyclic) bond motifs is 1. The number of phenols is 1. The van der Waals surface area contributed by atoms with Crippen LogP contribution in [0.5, 0.6) is 5.75 Å². The van der Waals surface area contributed by atoms with Crippen LogP contribution >= 0.6 is 10.6 Å². The lowest BCUT2D eigenvalue weighted by molar-refractivity contribution is 0.480. The molecule has 98 valence electrons. The smallest absolute Gasteiger partial charge is 0.197 e. The van der Waals surface area contributed by atoms with Gasteiger partial charge in [-0.25, -0.2) is 0 Å². The first-order chi connectivity index (χ1) is 9.06. The highest BCUT2D eigenvalue weighted by Crippen LogP contribution is 2.60. The summed E-state index contributed by atoms with van der Waals surface area (Å²) in [7, 11) is -3.61. The molecule has 2 rings (SSSR count). The molecule has 0 spiro atoms. The normalized spacial score (nSPS) is 12.0. The van der Waals surface area contributed by atoms with E-state index in [4.69, 9.17) is 5.73 Å². The van der Waals surface area contributed by atoms with Crippen LogP contribution in [-0.2, 0) is 0 Å². The topological polar surface area (TPSA) is 135 Å². The first-order valence-corrected chi connectivity index (χ1v) is 6.46. The Bertz CT molecular complexity index is 669. The van der Waals surface area contributed by atoms with Crippen LogP contribution in [0, 0.1) is 14.7 Å². The molecule has 0 fully saturated rings. The maximum Gasteiger partial charge on any atom is 0.197 e. The fraction of sp³-hybridized carbons (Fsp3) is 0. The predicted molar refractivity (Wildman–Crippen MR) is 73.3 cm³/mol. The molecule has 2 aromatic rings. The van der Waals surface area contributed by atoms with Crippen LogP contribution in [-0.4, -0.2) is 5.11 Å². The molecule has 0 radical (unpaired) electrons. The lowest BCUT2D eigenvalue weighted by Crippen LogP contribution is -1.90. The van der Waals surface area contributed by atoms with Crippen LogP contribution in [0.2, 0.25) is 0 Å². The van der Waals surface area contributed by atoms with Crippen molar-refractivity contribution >= 4 is 27.0 Å². The number of hydrogen-bond donors (Lipinski definition) is 2. The van der Waals surface area contributed by atoms with Crippen LogP contribution in [0.4, 0.5) is 5.69 Å². The zero-order valence-electron chi connectivity index (χ0n) is 9.39. The van der Waals surface area contributed by atoms with Crippen molar-refractivity contribution in [1.82, 2.24) is 0 Å². The Morgan fingerprint density at radius 2 is 1.63 bits per heavy atom. The standard InChI is InChI=1S/C10H8N4O4S/c11-7-1-2-9-6(3-7)4-8(5-10(9)15)19(12-16,13-17)14-18/h1-5,15H,11H2. The third-order valence-corrected chi connectivity index (χ3v) is 4.05. The van der Waals surface area contributed by atoms with Crippen molar-refractivity contribution in [2.75, 3.05) is 5.73 Å². The van der Waals surface area contributed by atoms with Gasteiger partial charge >= 0.3 is 0 Å².